The molecule has 0 radical (unpaired) electrons. The summed E-state index contributed by atoms with van der Waals surface area (Å²) in [5.41, 5.74) is 1.44. The SMILES string of the molecule is CCn1cncc1Cn1c(CN2CCC(Oc3ccc(F)c(OCc4ccc(Cl)cc4F)n3)CC2)nc2c(F)cc(C(=O)O)cc21. The molecule has 0 bridgehead atoms. The number of benzene rings is 2. The van der Waals surface area contributed by atoms with Crippen molar-refractivity contribution in [2.24, 2.45) is 0 Å². The maximum absolute atomic E-state index is 15.0. The Labute approximate surface area is 267 Å². The number of hydrogen-bond donors (Lipinski definition) is 1. The average Bonchev–Trinajstić information content (AvgIpc) is 3.63. The Morgan fingerprint density at radius 2 is 1.83 bits per heavy atom. The van der Waals surface area contributed by atoms with Crippen molar-refractivity contribution in [1.29, 1.82) is 0 Å². The van der Waals surface area contributed by atoms with Crippen LogP contribution in [0.3, 0.4) is 0 Å². The predicted molar refractivity (Wildman–Crippen MR) is 163 cm³/mol. The summed E-state index contributed by atoms with van der Waals surface area (Å²) >= 11 is 5.79. The van der Waals surface area contributed by atoms with E-state index >= 15 is 4.39 Å². The zero-order chi connectivity index (χ0) is 32.4. The first kappa shape index (κ1) is 31.4. The summed E-state index contributed by atoms with van der Waals surface area (Å²) in [5, 5.41) is 9.78. The van der Waals surface area contributed by atoms with Crippen LogP contribution in [-0.4, -0.2) is 59.3 Å². The van der Waals surface area contributed by atoms with Crippen LogP contribution in [0.2, 0.25) is 5.02 Å². The number of aryl methyl sites for hydroxylation is 1. The molecular weight excluding hydrogens is 625 g/mol. The van der Waals surface area contributed by atoms with Crippen LogP contribution < -0.4 is 9.47 Å². The van der Waals surface area contributed by atoms with Gasteiger partial charge in [-0.1, -0.05) is 17.7 Å². The van der Waals surface area contributed by atoms with Gasteiger partial charge in [-0.2, -0.15) is 4.98 Å². The van der Waals surface area contributed by atoms with E-state index in [-0.39, 0.29) is 46.1 Å². The second-order valence-electron chi connectivity index (χ2n) is 11.0. The predicted octanol–water partition coefficient (Wildman–Crippen LogP) is 6.09. The van der Waals surface area contributed by atoms with E-state index in [4.69, 9.17) is 21.1 Å². The quantitative estimate of drug-likeness (QED) is 0.182. The second-order valence-corrected chi connectivity index (χ2v) is 11.4. The Kier molecular flexibility index (Phi) is 9.13. The number of hydrogen-bond acceptors (Lipinski definition) is 7. The summed E-state index contributed by atoms with van der Waals surface area (Å²) in [6, 6.07) is 9.17. The van der Waals surface area contributed by atoms with Crippen LogP contribution in [0.1, 0.15) is 47.2 Å². The maximum Gasteiger partial charge on any atom is 0.335 e. The van der Waals surface area contributed by atoms with Crippen LogP contribution in [0.5, 0.6) is 11.8 Å². The molecule has 0 saturated carbocycles. The third-order valence-electron chi connectivity index (χ3n) is 7.95. The Morgan fingerprint density at radius 3 is 2.57 bits per heavy atom. The standard InChI is InChI=1S/C32H30ClF3N6O4/c1-2-41-18-37-14-22(41)15-42-27-12-20(32(43)44)11-26(36)30(27)38-28(42)16-40-9-7-23(8-10-40)46-29-6-5-24(34)31(39-29)45-17-19-3-4-21(33)13-25(19)35/h3-6,11-14,18,23H,2,7-10,15-17H2,1H3,(H,43,44). The number of nitrogens with zero attached hydrogens (tertiary/aromatic N) is 6. The van der Waals surface area contributed by atoms with Gasteiger partial charge in [-0.05, 0) is 50.1 Å². The van der Waals surface area contributed by atoms with Gasteiger partial charge in [0.1, 0.15) is 29.9 Å². The van der Waals surface area contributed by atoms with Crippen LogP contribution in [0.25, 0.3) is 11.0 Å². The average molecular weight is 655 g/mol. The van der Waals surface area contributed by atoms with Gasteiger partial charge >= 0.3 is 5.97 Å². The Hall–Kier alpha value is -4.62. The van der Waals surface area contributed by atoms with Gasteiger partial charge in [0.2, 0.25) is 5.88 Å². The molecule has 0 spiro atoms. The first-order valence-corrected chi connectivity index (χ1v) is 15.1. The van der Waals surface area contributed by atoms with E-state index in [0.29, 0.717) is 56.9 Å². The number of carbonyl (C=O) groups is 1. The highest BCUT2D eigenvalue weighted by atomic mass is 35.5. The molecule has 240 valence electrons. The topological polar surface area (TPSA) is 108 Å². The fraction of sp³-hybridized carbons (Fsp3) is 0.312. The lowest BCUT2D eigenvalue weighted by Crippen LogP contribution is -2.38. The number of imidazole rings is 2. The number of rotatable bonds is 11. The van der Waals surface area contributed by atoms with E-state index in [2.05, 4.69) is 19.9 Å². The van der Waals surface area contributed by atoms with Gasteiger partial charge in [-0.3, -0.25) is 4.90 Å². The van der Waals surface area contributed by atoms with Crippen molar-refractivity contribution in [3.05, 3.63) is 100 Å². The summed E-state index contributed by atoms with van der Waals surface area (Å²) in [7, 11) is 0. The Morgan fingerprint density at radius 1 is 1.02 bits per heavy atom. The fourth-order valence-corrected chi connectivity index (χ4v) is 5.65. The van der Waals surface area contributed by atoms with E-state index in [9.17, 15) is 18.7 Å². The minimum atomic E-state index is -1.22. The first-order valence-electron chi connectivity index (χ1n) is 14.7. The molecule has 0 aliphatic carbocycles. The molecule has 0 unspecified atom stereocenters. The lowest BCUT2D eigenvalue weighted by molar-refractivity contribution is 0.0696. The smallest absolute Gasteiger partial charge is 0.335 e. The van der Waals surface area contributed by atoms with Gasteiger partial charge in [-0.15, -0.1) is 0 Å². The molecule has 2 aromatic carbocycles. The lowest BCUT2D eigenvalue weighted by Gasteiger charge is -2.31. The third-order valence-corrected chi connectivity index (χ3v) is 8.18. The second kappa shape index (κ2) is 13.4. The van der Waals surface area contributed by atoms with Crippen molar-refractivity contribution in [2.45, 2.75) is 52.1 Å². The monoisotopic (exact) mass is 654 g/mol. The molecule has 10 nitrogen and oxygen atoms in total. The minimum absolute atomic E-state index is 0.111. The molecule has 1 fully saturated rings. The van der Waals surface area contributed by atoms with E-state index in [1.165, 1.54) is 30.3 Å². The summed E-state index contributed by atoms with van der Waals surface area (Å²) in [5.74, 6) is -2.70. The molecule has 6 rings (SSSR count). The number of piperidine rings is 1. The molecule has 14 heteroatoms. The van der Waals surface area contributed by atoms with Crippen LogP contribution in [-0.2, 0) is 26.2 Å². The van der Waals surface area contributed by atoms with Crippen molar-refractivity contribution in [3.63, 3.8) is 0 Å². The number of aromatic nitrogens is 5. The molecule has 5 aromatic rings. The molecule has 1 aliphatic heterocycles. The zero-order valence-corrected chi connectivity index (χ0v) is 25.6. The van der Waals surface area contributed by atoms with E-state index in [0.717, 1.165) is 17.8 Å². The molecule has 0 atom stereocenters. The maximum atomic E-state index is 15.0. The Balaban J connectivity index is 1.13. The summed E-state index contributed by atoms with van der Waals surface area (Å²) in [6.07, 6.45) is 4.50. The highest BCUT2D eigenvalue weighted by Gasteiger charge is 2.25. The molecule has 1 aliphatic rings. The number of ether oxygens (including phenoxy) is 2. The number of carboxylic acids is 1. The largest absolute Gasteiger partial charge is 0.478 e. The summed E-state index contributed by atoms with van der Waals surface area (Å²) in [6.45, 7) is 4.45. The van der Waals surface area contributed by atoms with Crippen molar-refractivity contribution in [1.82, 2.24) is 29.0 Å². The van der Waals surface area contributed by atoms with Gasteiger partial charge in [0.05, 0.1) is 36.2 Å². The number of carboxylic acid groups (broad SMARTS) is 1. The zero-order valence-electron chi connectivity index (χ0n) is 24.8. The van der Waals surface area contributed by atoms with Crippen molar-refractivity contribution < 1.29 is 32.5 Å². The number of pyridine rings is 1. The minimum Gasteiger partial charge on any atom is -0.478 e. The van der Waals surface area contributed by atoms with Gasteiger partial charge < -0.3 is 23.7 Å². The highest BCUT2D eigenvalue weighted by Crippen LogP contribution is 2.27. The molecule has 46 heavy (non-hydrogen) atoms. The van der Waals surface area contributed by atoms with Crippen LogP contribution >= 0.6 is 11.6 Å². The molecule has 3 aromatic heterocycles. The van der Waals surface area contributed by atoms with E-state index in [1.807, 2.05) is 16.1 Å². The summed E-state index contributed by atoms with van der Waals surface area (Å²) < 4.78 is 58.8. The number of aromatic carboxylic acids is 1. The van der Waals surface area contributed by atoms with Crippen molar-refractivity contribution >= 4 is 28.6 Å². The third kappa shape index (κ3) is 6.80. The van der Waals surface area contributed by atoms with Crippen LogP contribution in [0.4, 0.5) is 13.2 Å². The van der Waals surface area contributed by atoms with Crippen molar-refractivity contribution in [2.75, 3.05) is 13.1 Å². The highest BCUT2D eigenvalue weighted by molar-refractivity contribution is 6.30. The van der Waals surface area contributed by atoms with Gasteiger partial charge in [0.15, 0.2) is 11.6 Å². The van der Waals surface area contributed by atoms with Crippen molar-refractivity contribution in [3.8, 4) is 11.8 Å². The van der Waals surface area contributed by atoms with Gasteiger partial charge in [0.25, 0.3) is 5.88 Å². The molecular formula is C32H30ClF3N6O4. The Bertz CT molecular complexity index is 1890. The first-order chi connectivity index (χ1) is 22.2. The van der Waals surface area contributed by atoms with E-state index < -0.39 is 23.4 Å². The fourth-order valence-electron chi connectivity index (χ4n) is 5.49. The number of fused-ring (bicyclic) bond motifs is 1. The molecule has 1 saturated heterocycles. The van der Waals surface area contributed by atoms with Crippen LogP contribution in [0.15, 0.2) is 55.0 Å². The van der Waals surface area contributed by atoms with Gasteiger partial charge in [-0.25, -0.2) is 27.9 Å². The summed E-state index contributed by atoms with van der Waals surface area (Å²) in [4.78, 5) is 26.8. The van der Waals surface area contributed by atoms with Gasteiger partial charge in [0, 0.05) is 42.5 Å². The molecule has 0 amide bonds. The molecule has 4 heterocycles. The normalized spacial score (nSPS) is 14.2. The number of likely N-dealkylation sites (tertiary alicyclic amines) is 1. The lowest BCUT2D eigenvalue weighted by atomic mass is 10.1. The van der Waals surface area contributed by atoms with Crippen LogP contribution in [0, 0.1) is 17.5 Å². The molecule has 1 N–H and O–H groups in total. The van der Waals surface area contributed by atoms with E-state index in [1.54, 1.807) is 12.5 Å². The number of halogens is 4.